The summed E-state index contributed by atoms with van der Waals surface area (Å²) in [6.07, 6.45) is 0. The van der Waals surface area contributed by atoms with Crippen molar-refractivity contribution < 1.29 is 9.13 Å². The molecule has 2 rings (SSSR count). The van der Waals surface area contributed by atoms with Gasteiger partial charge in [-0.1, -0.05) is 29.8 Å². The number of ether oxygens (including phenoxy) is 1. The van der Waals surface area contributed by atoms with Crippen LogP contribution in [0.4, 0.5) is 10.1 Å². The maximum atomic E-state index is 13.1. The largest absolute Gasteiger partial charge is 0.486 e. The highest BCUT2D eigenvalue weighted by atomic mass is 79.9. The summed E-state index contributed by atoms with van der Waals surface area (Å²) in [5.74, 6) is 0.0824. The Labute approximate surface area is 114 Å². The first-order chi connectivity index (χ1) is 8.56. The minimum absolute atomic E-state index is 0.286. The van der Waals surface area contributed by atoms with Crippen molar-refractivity contribution in [2.75, 3.05) is 5.73 Å². The molecule has 94 valence electrons. The van der Waals surface area contributed by atoms with E-state index in [0.717, 1.165) is 5.56 Å². The van der Waals surface area contributed by atoms with Gasteiger partial charge in [-0.15, -0.1) is 0 Å². The second-order valence-corrected chi connectivity index (χ2v) is 4.93. The van der Waals surface area contributed by atoms with E-state index in [1.165, 1.54) is 17.7 Å². The Morgan fingerprint density at radius 3 is 2.50 bits per heavy atom. The first-order valence-corrected chi connectivity index (χ1v) is 6.28. The topological polar surface area (TPSA) is 35.2 Å². The predicted molar refractivity (Wildman–Crippen MR) is 74.0 cm³/mol. The molecule has 0 aliphatic heterocycles. The maximum absolute atomic E-state index is 13.1. The van der Waals surface area contributed by atoms with Gasteiger partial charge in [-0.2, -0.15) is 0 Å². The zero-order valence-electron chi connectivity index (χ0n) is 9.91. The minimum atomic E-state index is -0.387. The molecule has 2 aromatic carbocycles. The van der Waals surface area contributed by atoms with E-state index >= 15 is 0 Å². The number of benzene rings is 2. The quantitative estimate of drug-likeness (QED) is 0.868. The molecule has 0 aliphatic carbocycles. The van der Waals surface area contributed by atoms with Crippen LogP contribution in [0.1, 0.15) is 11.1 Å². The second kappa shape index (κ2) is 5.40. The zero-order chi connectivity index (χ0) is 13.1. The molecule has 0 bridgehead atoms. The van der Waals surface area contributed by atoms with Crippen molar-refractivity contribution >= 4 is 21.6 Å². The predicted octanol–water partition coefficient (Wildman–Crippen LogP) is 4.06. The first-order valence-electron chi connectivity index (χ1n) is 5.49. The second-order valence-electron chi connectivity index (χ2n) is 4.08. The summed E-state index contributed by atoms with van der Waals surface area (Å²) in [5, 5.41) is 0. The Bertz CT molecular complexity index is 531. The van der Waals surface area contributed by atoms with Gasteiger partial charge in [-0.05, 0) is 34.5 Å². The Morgan fingerprint density at radius 2 is 1.89 bits per heavy atom. The molecule has 0 saturated carbocycles. The van der Waals surface area contributed by atoms with Crippen LogP contribution in [0.25, 0.3) is 0 Å². The molecule has 18 heavy (non-hydrogen) atoms. The average Bonchev–Trinajstić information content (AvgIpc) is 2.30. The third-order valence-corrected chi connectivity index (χ3v) is 3.13. The molecule has 2 nitrogen and oxygen atoms in total. The SMILES string of the molecule is Cc1ccc(COc2c(N)cc(F)cc2Br)cc1. The van der Waals surface area contributed by atoms with E-state index in [1.807, 2.05) is 31.2 Å². The van der Waals surface area contributed by atoms with E-state index in [0.29, 0.717) is 16.8 Å². The molecule has 0 radical (unpaired) electrons. The number of nitrogens with two attached hydrogens (primary N) is 1. The molecule has 0 saturated heterocycles. The Balaban J connectivity index is 2.13. The van der Waals surface area contributed by atoms with Gasteiger partial charge in [0.1, 0.15) is 12.4 Å². The summed E-state index contributed by atoms with van der Waals surface area (Å²) in [5.41, 5.74) is 8.24. The van der Waals surface area contributed by atoms with Crippen molar-refractivity contribution in [3.63, 3.8) is 0 Å². The van der Waals surface area contributed by atoms with Crippen LogP contribution in [-0.4, -0.2) is 0 Å². The summed E-state index contributed by atoms with van der Waals surface area (Å²) in [6.45, 7) is 2.42. The lowest BCUT2D eigenvalue weighted by Crippen LogP contribution is -2.00. The summed E-state index contributed by atoms with van der Waals surface area (Å²) >= 11 is 3.24. The van der Waals surface area contributed by atoms with Crippen molar-refractivity contribution in [1.82, 2.24) is 0 Å². The number of hydrogen-bond donors (Lipinski definition) is 1. The van der Waals surface area contributed by atoms with Crippen molar-refractivity contribution in [2.24, 2.45) is 0 Å². The van der Waals surface area contributed by atoms with Crippen molar-refractivity contribution in [3.05, 3.63) is 57.8 Å². The number of nitrogen functional groups attached to an aromatic ring is 1. The molecule has 0 aliphatic rings. The zero-order valence-corrected chi connectivity index (χ0v) is 11.5. The van der Waals surface area contributed by atoms with Gasteiger partial charge >= 0.3 is 0 Å². The van der Waals surface area contributed by atoms with Gasteiger partial charge in [0.25, 0.3) is 0 Å². The molecule has 0 spiro atoms. The third kappa shape index (κ3) is 3.01. The van der Waals surface area contributed by atoms with E-state index in [4.69, 9.17) is 10.5 Å². The van der Waals surface area contributed by atoms with Crippen LogP contribution in [0, 0.1) is 12.7 Å². The van der Waals surface area contributed by atoms with Gasteiger partial charge in [-0.3, -0.25) is 0 Å². The third-order valence-electron chi connectivity index (χ3n) is 2.54. The number of rotatable bonds is 3. The fourth-order valence-corrected chi connectivity index (χ4v) is 2.13. The lowest BCUT2D eigenvalue weighted by molar-refractivity contribution is 0.305. The van der Waals surface area contributed by atoms with E-state index < -0.39 is 0 Å². The number of halogens is 2. The Hall–Kier alpha value is -1.55. The van der Waals surface area contributed by atoms with Crippen LogP contribution in [-0.2, 0) is 6.61 Å². The molecule has 2 aromatic rings. The molecule has 4 heteroatoms. The lowest BCUT2D eigenvalue weighted by Gasteiger charge is -2.11. The van der Waals surface area contributed by atoms with Crippen LogP contribution >= 0.6 is 15.9 Å². The normalized spacial score (nSPS) is 10.4. The van der Waals surface area contributed by atoms with Gasteiger partial charge in [0.2, 0.25) is 0 Å². The summed E-state index contributed by atoms with van der Waals surface area (Å²) in [6, 6.07) is 10.6. The molecule has 0 amide bonds. The molecule has 0 fully saturated rings. The van der Waals surface area contributed by atoms with Crippen LogP contribution in [0.2, 0.25) is 0 Å². The average molecular weight is 310 g/mol. The molecule has 0 aromatic heterocycles. The van der Waals surface area contributed by atoms with E-state index in [-0.39, 0.29) is 11.5 Å². The van der Waals surface area contributed by atoms with Crippen LogP contribution < -0.4 is 10.5 Å². The minimum Gasteiger partial charge on any atom is -0.486 e. The summed E-state index contributed by atoms with van der Waals surface area (Å²) < 4.78 is 19.2. The molecule has 2 N–H and O–H groups in total. The van der Waals surface area contributed by atoms with Gasteiger partial charge in [0.05, 0.1) is 10.2 Å². The van der Waals surface area contributed by atoms with Crippen LogP contribution in [0.3, 0.4) is 0 Å². The van der Waals surface area contributed by atoms with E-state index in [9.17, 15) is 4.39 Å². The Morgan fingerprint density at radius 1 is 1.22 bits per heavy atom. The molecular formula is C14H13BrFNO. The van der Waals surface area contributed by atoms with E-state index in [1.54, 1.807) is 0 Å². The van der Waals surface area contributed by atoms with Gasteiger partial charge in [0, 0.05) is 6.07 Å². The van der Waals surface area contributed by atoms with Gasteiger partial charge in [-0.25, -0.2) is 4.39 Å². The summed E-state index contributed by atoms with van der Waals surface area (Å²) in [7, 11) is 0. The fraction of sp³-hybridized carbons (Fsp3) is 0.143. The highest BCUT2D eigenvalue weighted by molar-refractivity contribution is 9.10. The number of hydrogen-bond acceptors (Lipinski definition) is 2. The molecule has 0 atom stereocenters. The standard InChI is InChI=1S/C14H13BrFNO/c1-9-2-4-10(5-3-9)8-18-14-12(15)6-11(16)7-13(14)17/h2-7H,8,17H2,1H3. The Kier molecular flexibility index (Phi) is 3.87. The monoisotopic (exact) mass is 309 g/mol. The van der Waals surface area contributed by atoms with Crippen molar-refractivity contribution in [1.29, 1.82) is 0 Å². The molecular weight excluding hydrogens is 297 g/mol. The van der Waals surface area contributed by atoms with Gasteiger partial charge in [0.15, 0.2) is 5.75 Å². The first kappa shape index (κ1) is 12.9. The highest BCUT2D eigenvalue weighted by Crippen LogP contribution is 2.32. The molecule has 0 heterocycles. The smallest absolute Gasteiger partial charge is 0.157 e. The summed E-state index contributed by atoms with van der Waals surface area (Å²) in [4.78, 5) is 0. The number of aryl methyl sites for hydroxylation is 1. The number of anilines is 1. The van der Waals surface area contributed by atoms with Crippen LogP contribution in [0.15, 0.2) is 40.9 Å². The van der Waals surface area contributed by atoms with Crippen LogP contribution in [0.5, 0.6) is 5.75 Å². The highest BCUT2D eigenvalue weighted by Gasteiger charge is 2.08. The van der Waals surface area contributed by atoms with E-state index in [2.05, 4.69) is 15.9 Å². The lowest BCUT2D eigenvalue weighted by atomic mass is 10.2. The van der Waals surface area contributed by atoms with Gasteiger partial charge < -0.3 is 10.5 Å². The molecule has 0 unspecified atom stereocenters. The van der Waals surface area contributed by atoms with Crippen molar-refractivity contribution in [3.8, 4) is 5.75 Å². The fourth-order valence-electron chi connectivity index (χ4n) is 1.57. The maximum Gasteiger partial charge on any atom is 0.157 e. The van der Waals surface area contributed by atoms with Crippen molar-refractivity contribution in [2.45, 2.75) is 13.5 Å².